The molecule has 20 heavy (non-hydrogen) atoms. The quantitative estimate of drug-likeness (QED) is 0.864. The van der Waals surface area contributed by atoms with Gasteiger partial charge in [0.2, 0.25) is 0 Å². The largest absolute Gasteiger partial charge is 0.417 e. The molecule has 0 aliphatic rings. The molecule has 3 nitrogen and oxygen atoms in total. The standard InChI is InChI=1S/C13H16ClF3N2O/c1-3-4-7-19(2)12(20)18-9-5-6-10(11(14)8-9)13(15,16)17/h5-6,8H,3-4,7H2,1-2H3,(H,18,20). The third-order valence-electron chi connectivity index (χ3n) is 2.72. The number of unbranched alkanes of at least 4 members (excludes halogenated alkanes) is 1. The molecule has 1 rings (SSSR count). The van der Waals surface area contributed by atoms with Gasteiger partial charge in [0.15, 0.2) is 0 Å². The Kier molecular flexibility index (Phi) is 5.68. The van der Waals surface area contributed by atoms with E-state index in [9.17, 15) is 18.0 Å². The summed E-state index contributed by atoms with van der Waals surface area (Å²) in [6, 6.07) is 2.74. The van der Waals surface area contributed by atoms with E-state index in [0.717, 1.165) is 25.0 Å². The van der Waals surface area contributed by atoms with Crippen molar-refractivity contribution >= 4 is 23.3 Å². The summed E-state index contributed by atoms with van der Waals surface area (Å²) in [6.07, 6.45) is -2.70. The second-order valence-electron chi connectivity index (χ2n) is 4.40. The molecule has 0 unspecified atom stereocenters. The van der Waals surface area contributed by atoms with Crippen molar-refractivity contribution in [1.29, 1.82) is 0 Å². The van der Waals surface area contributed by atoms with Crippen molar-refractivity contribution in [1.82, 2.24) is 4.90 Å². The Bertz CT molecular complexity index is 477. The van der Waals surface area contributed by atoms with Crippen LogP contribution in [0.5, 0.6) is 0 Å². The highest BCUT2D eigenvalue weighted by atomic mass is 35.5. The Morgan fingerprint density at radius 1 is 1.40 bits per heavy atom. The molecule has 0 heterocycles. The van der Waals surface area contributed by atoms with Crippen LogP contribution in [0.4, 0.5) is 23.7 Å². The van der Waals surface area contributed by atoms with Crippen molar-refractivity contribution in [3.05, 3.63) is 28.8 Å². The second kappa shape index (κ2) is 6.83. The third-order valence-corrected chi connectivity index (χ3v) is 3.03. The van der Waals surface area contributed by atoms with Crippen LogP contribution in [-0.4, -0.2) is 24.5 Å². The predicted molar refractivity (Wildman–Crippen MR) is 73.0 cm³/mol. The minimum Gasteiger partial charge on any atom is -0.328 e. The van der Waals surface area contributed by atoms with Crippen LogP contribution in [-0.2, 0) is 6.18 Å². The number of hydrogen-bond acceptors (Lipinski definition) is 1. The molecule has 1 N–H and O–H groups in total. The highest BCUT2D eigenvalue weighted by Gasteiger charge is 2.33. The average Bonchev–Trinajstić information content (AvgIpc) is 2.34. The molecule has 0 aliphatic heterocycles. The second-order valence-corrected chi connectivity index (χ2v) is 4.80. The van der Waals surface area contributed by atoms with Gasteiger partial charge in [-0.1, -0.05) is 24.9 Å². The van der Waals surface area contributed by atoms with Crippen LogP contribution in [0.1, 0.15) is 25.3 Å². The van der Waals surface area contributed by atoms with Crippen molar-refractivity contribution in [3.8, 4) is 0 Å². The number of carbonyl (C=O) groups is 1. The Hall–Kier alpha value is -1.43. The van der Waals surface area contributed by atoms with Crippen molar-refractivity contribution in [2.24, 2.45) is 0 Å². The predicted octanol–water partition coefficient (Wildman–Crippen LogP) is 4.62. The SMILES string of the molecule is CCCCN(C)C(=O)Nc1ccc(C(F)(F)F)c(Cl)c1. The summed E-state index contributed by atoms with van der Waals surface area (Å²) >= 11 is 5.58. The van der Waals surface area contributed by atoms with Gasteiger partial charge in [0.25, 0.3) is 0 Å². The molecule has 1 aromatic carbocycles. The summed E-state index contributed by atoms with van der Waals surface area (Å²) in [5.74, 6) is 0. The lowest BCUT2D eigenvalue weighted by Crippen LogP contribution is -2.32. The first-order chi connectivity index (χ1) is 9.25. The zero-order valence-corrected chi connectivity index (χ0v) is 12.0. The van der Waals surface area contributed by atoms with Crippen LogP contribution in [0, 0.1) is 0 Å². The lowest BCUT2D eigenvalue weighted by molar-refractivity contribution is -0.137. The molecule has 0 atom stereocenters. The summed E-state index contributed by atoms with van der Waals surface area (Å²) in [4.78, 5) is 13.2. The first-order valence-electron chi connectivity index (χ1n) is 6.14. The fourth-order valence-corrected chi connectivity index (χ4v) is 1.83. The summed E-state index contributed by atoms with van der Waals surface area (Å²) in [6.45, 7) is 2.58. The maximum absolute atomic E-state index is 12.5. The van der Waals surface area contributed by atoms with Crippen molar-refractivity contribution in [2.45, 2.75) is 25.9 Å². The number of halogens is 4. The van der Waals surface area contributed by atoms with E-state index in [4.69, 9.17) is 11.6 Å². The summed E-state index contributed by atoms with van der Waals surface area (Å²) in [5, 5.41) is 2.07. The number of urea groups is 1. The van der Waals surface area contributed by atoms with Crippen molar-refractivity contribution in [2.75, 3.05) is 18.9 Å². The molecule has 0 radical (unpaired) electrons. The van der Waals surface area contributed by atoms with Crippen LogP contribution in [0.2, 0.25) is 5.02 Å². The third kappa shape index (κ3) is 4.59. The van der Waals surface area contributed by atoms with Crippen LogP contribution in [0.25, 0.3) is 0 Å². The molecule has 112 valence electrons. The molecule has 2 amide bonds. The Balaban J connectivity index is 2.75. The highest BCUT2D eigenvalue weighted by molar-refractivity contribution is 6.31. The summed E-state index contributed by atoms with van der Waals surface area (Å²) < 4.78 is 37.6. The van der Waals surface area contributed by atoms with Gasteiger partial charge in [-0.2, -0.15) is 13.2 Å². The number of carbonyl (C=O) groups excluding carboxylic acids is 1. The lowest BCUT2D eigenvalue weighted by Gasteiger charge is -2.18. The molecule has 0 spiro atoms. The molecular weight excluding hydrogens is 293 g/mol. The number of benzene rings is 1. The highest BCUT2D eigenvalue weighted by Crippen LogP contribution is 2.35. The summed E-state index contributed by atoms with van der Waals surface area (Å²) in [5.41, 5.74) is -0.687. The molecular formula is C13H16ClF3N2O. The topological polar surface area (TPSA) is 32.3 Å². The average molecular weight is 309 g/mol. The lowest BCUT2D eigenvalue weighted by atomic mass is 10.2. The van der Waals surface area contributed by atoms with E-state index in [1.807, 2.05) is 6.92 Å². The van der Waals surface area contributed by atoms with Gasteiger partial charge in [0.05, 0.1) is 10.6 Å². The molecule has 0 bridgehead atoms. The number of nitrogens with one attached hydrogen (secondary N) is 1. The monoisotopic (exact) mass is 308 g/mol. The Morgan fingerprint density at radius 3 is 2.55 bits per heavy atom. The van der Waals surface area contributed by atoms with Crippen molar-refractivity contribution in [3.63, 3.8) is 0 Å². The van der Waals surface area contributed by atoms with Gasteiger partial charge in [-0.3, -0.25) is 0 Å². The first kappa shape index (κ1) is 16.6. The number of alkyl halides is 3. The van der Waals surface area contributed by atoms with Crippen LogP contribution >= 0.6 is 11.6 Å². The minimum absolute atomic E-state index is 0.233. The fraction of sp³-hybridized carbons (Fsp3) is 0.462. The van der Waals surface area contributed by atoms with Crippen molar-refractivity contribution < 1.29 is 18.0 Å². The van der Waals surface area contributed by atoms with Gasteiger partial charge in [-0.15, -0.1) is 0 Å². The number of amides is 2. The van der Waals surface area contributed by atoms with Gasteiger partial charge in [0.1, 0.15) is 0 Å². The van der Waals surface area contributed by atoms with Gasteiger partial charge in [-0.25, -0.2) is 4.79 Å². The molecule has 0 saturated carbocycles. The molecule has 0 saturated heterocycles. The van der Waals surface area contributed by atoms with E-state index in [0.29, 0.717) is 6.54 Å². The summed E-state index contributed by atoms with van der Waals surface area (Å²) in [7, 11) is 1.62. The number of nitrogens with zero attached hydrogens (tertiary/aromatic N) is 1. The molecule has 0 aromatic heterocycles. The maximum atomic E-state index is 12.5. The van der Waals surface area contributed by atoms with E-state index in [2.05, 4.69) is 5.32 Å². The van der Waals surface area contributed by atoms with Gasteiger partial charge in [-0.05, 0) is 24.6 Å². The molecule has 0 aliphatic carbocycles. The smallest absolute Gasteiger partial charge is 0.328 e. The fourth-order valence-electron chi connectivity index (χ4n) is 1.54. The van der Waals surface area contributed by atoms with Crippen LogP contribution in [0.3, 0.4) is 0 Å². The van der Waals surface area contributed by atoms with Crippen LogP contribution < -0.4 is 5.32 Å². The van der Waals surface area contributed by atoms with E-state index in [1.54, 1.807) is 7.05 Å². The van der Waals surface area contributed by atoms with E-state index in [1.165, 1.54) is 11.0 Å². The number of hydrogen-bond donors (Lipinski definition) is 1. The number of rotatable bonds is 4. The van der Waals surface area contributed by atoms with Gasteiger partial charge in [0, 0.05) is 19.3 Å². The van der Waals surface area contributed by atoms with E-state index in [-0.39, 0.29) is 11.7 Å². The first-order valence-corrected chi connectivity index (χ1v) is 6.52. The molecule has 0 fully saturated rings. The molecule has 1 aromatic rings. The molecule has 7 heteroatoms. The Labute approximate surface area is 120 Å². The van der Waals surface area contributed by atoms with Gasteiger partial charge < -0.3 is 10.2 Å². The Morgan fingerprint density at radius 2 is 2.05 bits per heavy atom. The number of anilines is 1. The van der Waals surface area contributed by atoms with E-state index < -0.39 is 16.8 Å². The van der Waals surface area contributed by atoms with Crippen LogP contribution in [0.15, 0.2) is 18.2 Å². The normalized spacial score (nSPS) is 11.3. The van der Waals surface area contributed by atoms with Gasteiger partial charge >= 0.3 is 12.2 Å². The maximum Gasteiger partial charge on any atom is 0.417 e. The van der Waals surface area contributed by atoms with E-state index >= 15 is 0 Å². The minimum atomic E-state index is -4.50. The zero-order chi connectivity index (χ0) is 15.3. The zero-order valence-electron chi connectivity index (χ0n) is 11.2.